The normalized spacial score (nSPS) is 12.0. The van der Waals surface area contributed by atoms with Crippen LogP contribution in [-0.2, 0) is 45.1 Å². The molecule has 17 heteroatoms. The van der Waals surface area contributed by atoms with Crippen molar-refractivity contribution in [2.45, 2.75) is 19.9 Å². The lowest BCUT2D eigenvalue weighted by atomic mass is 10.1. The molecule has 0 fully saturated rings. The maximum Gasteiger partial charge on any atom is 0.408 e. The molecule has 0 amide bonds. The summed E-state index contributed by atoms with van der Waals surface area (Å²) in [4.78, 5) is 2.17. The lowest BCUT2D eigenvalue weighted by molar-refractivity contribution is -0.680. The van der Waals surface area contributed by atoms with Gasteiger partial charge in [-0.15, -0.1) is 0 Å². The van der Waals surface area contributed by atoms with Crippen molar-refractivity contribution in [3.05, 3.63) is 35.3 Å². The number of nitrogens with zero attached hydrogens (tertiary/aromatic N) is 4. The van der Waals surface area contributed by atoms with E-state index in [4.69, 9.17) is 38.6 Å². The number of ether oxygens (including phenoxy) is 6. The van der Waals surface area contributed by atoms with Crippen molar-refractivity contribution in [3.8, 4) is 0 Å². The highest BCUT2D eigenvalue weighted by atomic mass is 32.2. The molecule has 0 spiro atoms. The van der Waals surface area contributed by atoms with Crippen molar-refractivity contribution in [1.82, 2.24) is 0 Å². The Morgan fingerprint density at radius 2 is 1.33 bits per heavy atom. The van der Waals surface area contributed by atoms with Crippen LogP contribution in [0, 0.1) is 6.92 Å². The minimum absolute atomic E-state index is 0.0100. The molecule has 0 atom stereocenters. The minimum Gasteiger partial charge on any atom is -0.748 e. The fourth-order valence-electron chi connectivity index (χ4n) is 3.94. The van der Waals surface area contributed by atoms with Gasteiger partial charge in [-0.2, -0.15) is 0 Å². The number of anilines is 1. The number of aliphatic hydroxyl groups is 2. The number of thiazole rings is 1. The summed E-state index contributed by atoms with van der Waals surface area (Å²) in [6.45, 7) is 8.57. The van der Waals surface area contributed by atoms with Gasteiger partial charge in [-0.1, -0.05) is 0 Å². The first-order valence-electron chi connectivity index (χ1n) is 15.2. The van der Waals surface area contributed by atoms with Gasteiger partial charge in [0.25, 0.3) is 0 Å². The molecule has 46 heavy (non-hydrogen) atoms. The minimum atomic E-state index is -4.26. The molecule has 0 aliphatic rings. The molecule has 2 N–H and O–H groups in total. The quantitative estimate of drug-likeness (QED) is 0.0544. The molecule has 0 aliphatic carbocycles. The molecule has 0 bridgehead atoms. The largest absolute Gasteiger partial charge is 0.748 e. The second-order valence-electron chi connectivity index (χ2n) is 9.77. The van der Waals surface area contributed by atoms with Crippen LogP contribution in [0.3, 0.4) is 0 Å². The molecular formula is C29H48N4O11S2. The lowest BCUT2D eigenvalue weighted by Crippen LogP contribution is -2.32. The smallest absolute Gasteiger partial charge is 0.408 e. The molecule has 2 rings (SSSR count). The van der Waals surface area contributed by atoms with Gasteiger partial charge in [0.15, 0.2) is 0 Å². The van der Waals surface area contributed by atoms with Gasteiger partial charge < -0.3 is 48.1 Å². The van der Waals surface area contributed by atoms with E-state index in [1.807, 2.05) is 30.5 Å². The van der Waals surface area contributed by atoms with Gasteiger partial charge in [0, 0.05) is 29.9 Å². The Bertz CT molecular complexity index is 1180. The van der Waals surface area contributed by atoms with Gasteiger partial charge in [-0.25, -0.2) is 13.0 Å². The highest BCUT2D eigenvalue weighted by Crippen LogP contribution is 2.27. The predicted molar refractivity (Wildman–Crippen MR) is 170 cm³/mol. The molecule has 1 aromatic heterocycles. The highest BCUT2D eigenvalue weighted by molar-refractivity contribution is 7.85. The van der Waals surface area contributed by atoms with Gasteiger partial charge in [0.05, 0.1) is 114 Å². The van der Waals surface area contributed by atoms with Crippen molar-refractivity contribution in [1.29, 1.82) is 0 Å². The van der Waals surface area contributed by atoms with E-state index < -0.39 is 15.9 Å². The van der Waals surface area contributed by atoms with Crippen LogP contribution in [0.25, 0.3) is 0 Å². The summed E-state index contributed by atoms with van der Waals surface area (Å²) < 4.78 is 67.4. The predicted octanol–water partition coefficient (Wildman–Crippen LogP) is 1.59. The zero-order valence-electron chi connectivity index (χ0n) is 26.5. The third-order valence-corrected chi connectivity index (χ3v) is 7.79. The van der Waals surface area contributed by atoms with Crippen molar-refractivity contribution >= 4 is 38.0 Å². The van der Waals surface area contributed by atoms with Crippen LogP contribution < -0.4 is 9.47 Å². The molecule has 0 aliphatic heterocycles. The van der Waals surface area contributed by atoms with Gasteiger partial charge in [0.2, 0.25) is 0 Å². The molecule has 1 heterocycles. The third kappa shape index (κ3) is 18.9. The van der Waals surface area contributed by atoms with E-state index in [9.17, 15) is 13.0 Å². The van der Waals surface area contributed by atoms with E-state index in [0.717, 1.165) is 11.3 Å². The molecular weight excluding hydrogens is 644 g/mol. The maximum absolute atomic E-state index is 10.9. The van der Waals surface area contributed by atoms with Crippen LogP contribution in [-0.4, -0.2) is 135 Å². The van der Waals surface area contributed by atoms with Gasteiger partial charge >= 0.3 is 5.13 Å². The maximum atomic E-state index is 10.9. The third-order valence-electron chi connectivity index (χ3n) is 6.21. The Morgan fingerprint density at radius 3 is 1.83 bits per heavy atom. The van der Waals surface area contributed by atoms with Crippen LogP contribution in [0.1, 0.15) is 12.0 Å². The molecule has 15 nitrogen and oxygen atoms in total. The first-order valence-corrected chi connectivity index (χ1v) is 17.7. The average Bonchev–Trinajstić information content (AvgIpc) is 3.47. The molecule has 0 unspecified atom stereocenters. The second kappa shape index (κ2) is 24.9. The Hall–Kier alpha value is -2.16. The van der Waals surface area contributed by atoms with Crippen LogP contribution >= 0.6 is 11.3 Å². The average molecular weight is 693 g/mol. The van der Waals surface area contributed by atoms with Gasteiger partial charge in [0.1, 0.15) is 11.9 Å². The SMILES string of the molecule is Cc1cc(N(CCOCCOCCOCCO)CCOCCOCCOCCO)ccc1N=Nc1scc[n+]1CCCS(=O)(=O)[O-]. The van der Waals surface area contributed by atoms with E-state index in [1.165, 1.54) is 11.3 Å². The van der Waals surface area contributed by atoms with E-state index in [-0.39, 0.29) is 19.6 Å². The summed E-state index contributed by atoms with van der Waals surface area (Å²) in [5.74, 6) is -0.426. The molecule has 0 saturated carbocycles. The van der Waals surface area contributed by atoms with E-state index >= 15 is 0 Å². The molecule has 1 aromatic carbocycles. The van der Waals surface area contributed by atoms with Crippen LogP contribution in [0.5, 0.6) is 0 Å². The fourth-order valence-corrected chi connectivity index (χ4v) is 5.12. The standard InChI is InChI=1S/C29H48N4O11S2/c1-26-25-27(3-4-28(26)30-31-29-33(8-23-45-29)5-2-24-46(36,37)38)32(6-11-39-15-19-43-21-17-41-13-9-34)7-12-40-16-20-44-22-18-42-14-10-35/h3-4,8,23,25,34-35H,2,5-7,9-22,24H2,1H3. The number of rotatable bonds is 29. The monoisotopic (exact) mass is 692 g/mol. The summed E-state index contributed by atoms with van der Waals surface area (Å²) in [7, 11) is -4.26. The number of hydrogen-bond donors (Lipinski definition) is 2. The molecule has 0 saturated heterocycles. The zero-order chi connectivity index (χ0) is 33.3. The number of hydrogen-bond acceptors (Lipinski definition) is 15. The molecule has 262 valence electrons. The van der Waals surface area contributed by atoms with E-state index in [2.05, 4.69) is 15.1 Å². The lowest BCUT2D eigenvalue weighted by Gasteiger charge is -2.25. The Labute approximate surface area is 275 Å². The van der Waals surface area contributed by atoms with Crippen molar-refractivity contribution < 1.29 is 56.2 Å². The molecule has 0 radical (unpaired) electrons. The van der Waals surface area contributed by atoms with Crippen LogP contribution in [0.2, 0.25) is 0 Å². The Kier molecular flexibility index (Phi) is 21.7. The van der Waals surface area contributed by atoms with E-state index in [0.29, 0.717) is 110 Å². The van der Waals surface area contributed by atoms with Crippen molar-refractivity contribution in [2.24, 2.45) is 10.2 Å². The number of aliphatic hydroxyl groups excluding tert-OH is 2. The topological polar surface area (TPSA) is 185 Å². The van der Waals surface area contributed by atoms with Crippen molar-refractivity contribution in [3.63, 3.8) is 0 Å². The fraction of sp³-hybridized carbons (Fsp3) is 0.690. The van der Waals surface area contributed by atoms with E-state index in [1.54, 1.807) is 10.8 Å². The summed E-state index contributed by atoms with van der Waals surface area (Å²) in [5, 5.41) is 28.7. The highest BCUT2D eigenvalue weighted by Gasteiger charge is 2.14. The summed E-state index contributed by atoms with van der Waals surface area (Å²) in [6, 6.07) is 5.89. The summed E-state index contributed by atoms with van der Waals surface area (Å²) in [5.41, 5.74) is 2.59. The first kappa shape index (κ1) is 40.0. The Balaban J connectivity index is 1.90. The van der Waals surface area contributed by atoms with Crippen molar-refractivity contribution in [2.75, 3.05) is 116 Å². The first-order chi connectivity index (χ1) is 22.3. The second-order valence-corrected chi connectivity index (χ2v) is 12.2. The number of aromatic nitrogens is 1. The Morgan fingerprint density at radius 1 is 0.804 bits per heavy atom. The van der Waals surface area contributed by atoms with Crippen LogP contribution in [0.4, 0.5) is 16.5 Å². The van der Waals surface area contributed by atoms with Gasteiger partial charge in [-0.3, -0.25) is 0 Å². The number of azo groups is 1. The molecule has 2 aromatic rings. The van der Waals surface area contributed by atoms with Gasteiger partial charge in [-0.05, 0) is 53.6 Å². The van der Waals surface area contributed by atoms with Crippen LogP contribution in [0.15, 0.2) is 40.0 Å². The number of benzene rings is 1. The number of aryl methyl sites for hydroxylation is 2. The zero-order valence-corrected chi connectivity index (χ0v) is 28.1. The summed E-state index contributed by atoms with van der Waals surface area (Å²) >= 11 is 1.37. The summed E-state index contributed by atoms with van der Waals surface area (Å²) in [6.07, 6.45) is 1.99.